The van der Waals surface area contributed by atoms with Gasteiger partial charge in [0.2, 0.25) is 0 Å². The van der Waals surface area contributed by atoms with Crippen molar-refractivity contribution in [3.8, 4) is 5.69 Å². The fourth-order valence-electron chi connectivity index (χ4n) is 3.97. The van der Waals surface area contributed by atoms with Gasteiger partial charge in [0.25, 0.3) is 5.91 Å². The largest absolute Gasteiger partial charge is 0.418 e. The van der Waals surface area contributed by atoms with E-state index in [1.807, 2.05) is 0 Å². The smallest absolute Gasteiger partial charge is 0.322 e. The van der Waals surface area contributed by atoms with E-state index in [0.29, 0.717) is 22.6 Å². The highest BCUT2D eigenvalue weighted by Gasteiger charge is 2.34. The van der Waals surface area contributed by atoms with Gasteiger partial charge >= 0.3 is 6.18 Å². The maximum atomic E-state index is 13.5. The molecule has 0 spiro atoms. The molecule has 0 aliphatic carbocycles. The van der Waals surface area contributed by atoms with Crippen molar-refractivity contribution < 1.29 is 27.2 Å². The Kier molecular flexibility index (Phi) is 6.30. The van der Waals surface area contributed by atoms with Gasteiger partial charge in [0.05, 0.1) is 16.8 Å². The SMILES string of the molecule is Cc1cc(C(=O)Nc2ccc(C(=O)c3cccc(F)c3)cc2)c(C)n1-c1ccccc1C(F)(F)F. The summed E-state index contributed by atoms with van der Waals surface area (Å²) in [5, 5.41) is 2.71. The van der Waals surface area contributed by atoms with Crippen LogP contribution in [-0.4, -0.2) is 16.3 Å². The van der Waals surface area contributed by atoms with Crippen LogP contribution in [0.5, 0.6) is 0 Å². The number of carbonyl (C=O) groups is 2. The van der Waals surface area contributed by atoms with Crippen molar-refractivity contribution in [3.63, 3.8) is 0 Å². The molecule has 0 aliphatic rings. The number of anilines is 1. The Morgan fingerprint density at radius 2 is 1.51 bits per heavy atom. The third kappa shape index (κ3) is 4.87. The molecule has 178 valence electrons. The van der Waals surface area contributed by atoms with Gasteiger partial charge in [-0.15, -0.1) is 0 Å². The van der Waals surface area contributed by atoms with Gasteiger partial charge in [-0.05, 0) is 68.4 Å². The number of hydrogen-bond acceptors (Lipinski definition) is 2. The van der Waals surface area contributed by atoms with Crippen LogP contribution in [0, 0.1) is 19.7 Å². The van der Waals surface area contributed by atoms with Crippen LogP contribution in [0.1, 0.15) is 43.2 Å². The second kappa shape index (κ2) is 9.21. The molecule has 0 atom stereocenters. The third-order valence-corrected chi connectivity index (χ3v) is 5.62. The van der Waals surface area contributed by atoms with Crippen molar-refractivity contribution in [2.75, 3.05) is 5.32 Å². The second-order valence-corrected chi connectivity index (χ2v) is 8.01. The van der Waals surface area contributed by atoms with Crippen molar-refractivity contribution in [3.05, 3.63) is 118 Å². The number of nitrogens with one attached hydrogen (secondary N) is 1. The molecule has 0 unspecified atom stereocenters. The molecule has 4 rings (SSSR count). The molecule has 1 heterocycles. The molecule has 4 nitrogen and oxygen atoms in total. The lowest BCUT2D eigenvalue weighted by Gasteiger charge is -2.16. The summed E-state index contributed by atoms with van der Waals surface area (Å²) < 4.78 is 55.4. The Balaban J connectivity index is 1.58. The molecule has 0 saturated carbocycles. The highest BCUT2D eigenvalue weighted by Crippen LogP contribution is 2.35. The summed E-state index contributed by atoms with van der Waals surface area (Å²) >= 11 is 0. The molecule has 0 aliphatic heterocycles. The van der Waals surface area contributed by atoms with E-state index < -0.39 is 23.5 Å². The van der Waals surface area contributed by atoms with Crippen LogP contribution in [0.4, 0.5) is 23.2 Å². The Morgan fingerprint density at radius 3 is 2.17 bits per heavy atom. The maximum absolute atomic E-state index is 13.5. The standard InChI is InChI=1S/C27H20F4N2O2/c1-16-14-22(17(2)33(16)24-9-4-3-8-23(24)27(29,30)31)26(35)32-21-12-10-18(11-13-21)25(34)19-6-5-7-20(28)15-19/h3-15H,1-2H3,(H,32,35). The molecule has 1 N–H and O–H groups in total. The Morgan fingerprint density at radius 1 is 0.829 bits per heavy atom. The molecule has 0 saturated heterocycles. The van der Waals surface area contributed by atoms with Gasteiger partial charge in [0, 0.05) is 28.2 Å². The minimum Gasteiger partial charge on any atom is -0.322 e. The number of aryl methyl sites for hydroxylation is 1. The quantitative estimate of drug-likeness (QED) is 0.254. The zero-order chi connectivity index (χ0) is 25.3. The lowest BCUT2D eigenvalue weighted by Crippen LogP contribution is -2.15. The van der Waals surface area contributed by atoms with Crippen LogP contribution in [0.3, 0.4) is 0 Å². The Hall–Kier alpha value is -4.20. The summed E-state index contributed by atoms with van der Waals surface area (Å²) in [5.41, 5.74) is 1.10. The summed E-state index contributed by atoms with van der Waals surface area (Å²) in [6.45, 7) is 3.21. The number of para-hydroxylation sites is 1. The number of ketones is 1. The summed E-state index contributed by atoms with van der Waals surface area (Å²) in [6.07, 6.45) is -4.55. The molecule has 1 aromatic heterocycles. The van der Waals surface area contributed by atoms with Crippen LogP contribution in [0.15, 0.2) is 78.9 Å². The van der Waals surface area contributed by atoms with E-state index >= 15 is 0 Å². The molecule has 0 fully saturated rings. The number of benzene rings is 3. The Labute approximate surface area is 198 Å². The van der Waals surface area contributed by atoms with E-state index in [1.165, 1.54) is 71.3 Å². The van der Waals surface area contributed by atoms with Crippen molar-refractivity contribution in [2.24, 2.45) is 0 Å². The summed E-state index contributed by atoms with van der Waals surface area (Å²) in [4.78, 5) is 25.5. The molecule has 3 aromatic carbocycles. The fraction of sp³-hybridized carbons (Fsp3) is 0.111. The lowest BCUT2D eigenvalue weighted by atomic mass is 10.0. The number of rotatable bonds is 5. The van der Waals surface area contributed by atoms with E-state index in [1.54, 1.807) is 13.8 Å². The van der Waals surface area contributed by atoms with Crippen LogP contribution >= 0.6 is 0 Å². The molecule has 4 aromatic rings. The summed E-state index contributed by atoms with van der Waals surface area (Å²) in [7, 11) is 0. The van der Waals surface area contributed by atoms with Crippen LogP contribution in [0.25, 0.3) is 5.69 Å². The topological polar surface area (TPSA) is 51.1 Å². The minimum absolute atomic E-state index is 0.0609. The Bertz CT molecular complexity index is 1420. The zero-order valence-electron chi connectivity index (χ0n) is 18.8. The lowest BCUT2D eigenvalue weighted by molar-refractivity contribution is -0.137. The molecular formula is C27H20F4N2O2. The molecule has 8 heteroatoms. The number of carbonyl (C=O) groups excluding carboxylic acids is 2. The van der Waals surface area contributed by atoms with Gasteiger partial charge in [0.15, 0.2) is 5.78 Å². The summed E-state index contributed by atoms with van der Waals surface area (Å²) in [5.74, 6) is -1.39. The molecule has 0 radical (unpaired) electrons. The molecule has 0 bridgehead atoms. The normalized spacial score (nSPS) is 11.4. The first-order valence-corrected chi connectivity index (χ1v) is 10.6. The first kappa shape index (κ1) is 23.9. The van der Waals surface area contributed by atoms with Gasteiger partial charge in [-0.25, -0.2) is 4.39 Å². The van der Waals surface area contributed by atoms with E-state index in [0.717, 1.165) is 12.1 Å². The second-order valence-electron chi connectivity index (χ2n) is 8.01. The fourth-order valence-corrected chi connectivity index (χ4v) is 3.97. The average Bonchev–Trinajstić information content (AvgIpc) is 3.12. The number of nitrogens with zero attached hydrogens (tertiary/aromatic N) is 1. The molecule has 35 heavy (non-hydrogen) atoms. The van der Waals surface area contributed by atoms with Gasteiger partial charge in [-0.2, -0.15) is 13.2 Å². The number of amides is 1. The minimum atomic E-state index is -4.55. The summed E-state index contributed by atoms with van der Waals surface area (Å²) in [6, 6.07) is 18.1. The van der Waals surface area contributed by atoms with Gasteiger partial charge in [-0.3, -0.25) is 9.59 Å². The van der Waals surface area contributed by atoms with Crippen LogP contribution in [0.2, 0.25) is 0 Å². The molecule has 1 amide bonds. The zero-order valence-corrected chi connectivity index (χ0v) is 18.8. The third-order valence-electron chi connectivity index (χ3n) is 5.62. The highest BCUT2D eigenvalue weighted by atomic mass is 19.4. The van der Waals surface area contributed by atoms with E-state index in [-0.39, 0.29) is 22.6 Å². The number of alkyl halides is 3. The first-order valence-electron chi connectivity index (χ1n) is 10.6. The number of hydrogen-bond donors (Lipinski definition) is 1. The van der Waals surface area contributed by atoms with Gasteiger partial charge in [-0.1, -0.05) is 24.3 Å². The van der Waals surface area contributed by atoms with E-state index in [9.17, 15) is 27.2 Å². The maximum Gasteiger partial charge on any atom is 0.418 e. The number of halogens is 4. The average molecular weight is 480 g/mol. The van der Waals surface area contributed by atoms with Crippen molar-refractivity contribution in [1.29, 1.82) is 0 Å². The van der Waals surface area contributed by atoms with Crippen molar-refractivity contribution >= 4 is 17.4 Å². The predicted molar refractivity (Wildman–Crippen MR) is 124 cm³/mol. The first-order chi connectivity index (χ1) is 16.6. The van der Waals surface area contributed by atoms with Crippen LogP contribution < -0.4 is 5.32 Å². The number of aromatic nitrogens is 1. The van der Waals surface area contributed by atoms with Crippen LogP contribution in [-0.2, 0) is 6.18 Å². The van der Waals surface area contributed by atoms with Crippen molar-refractivity contribution in [1.82, 2.24) is 4.57 Å². The predicted octanol–water partition coefficient (Wildman–Crippen LogP) is 6.74. The molecular weight excluding hydrogens is 460 g/mol. The van der Waals surface area contributed by atoms with Gasteiger partial charge in [0.1, 0.15) is 5.82 Å². The van der Waals surface area contributed by atoms with Gasteiger partial charge < -0.3 is 9.88 Å². The monoisotopic (exact) mass is 480 g/mol. The van der Waals surface area contributed by atoms with E-state index in [4.69, 9.17) is 0 Å². The van der Waals surface area contributed by atoms with E-state index in [2.05, 4.69) is 5.32 Å². The van der Waals surface area contributed by atoms with Crippen molar-refractivity contribution in [2.45, 2.75) is 20.0 Å². The highest BCUT2D eigenvalue weighted by molar-refractivity contribution is 6.09.